The highest BCUT2D eigenvalue weighted by molar-refractivity contribution is 7.99. The van der Waals surface area contributed by atoms with Crippen molar-refractivity contribution in [3.05, 3.63) is 58.0 Å². The Morgan fingerprint density at radius 2 is 2.12 bits per heavy atom. The van der Waals surface area contributed by atoms with Gasteiger partial charge in [0.25, 0.3) is 0 Å². The third kappa shape index (κ3) is 3.97. The lowest BCUT2D eigenvalue weighted by Crippen LogP contribution is -2.42. The molecule has 0 unspecified atom stereocenters. The van der Waals surface area contributed by atoms with Crippen LogP contribution in [0.15, 0.2) is 41.0 Å². The molecule has 1 aromatic heterocycles. The van der Waals surface area contributed by atoms with E-state index in [4.69, 9.17) is 32.4 Å². The average molecular weight is 400 g/mol. The van der Waals surface area contributed by atoms with Crippen LogP contribution in [0.25, 0.3) is 0 Å². The molecule has 2 atom stereocenters. The highest BCUT2D eigenvalue weighted by Gasteiger charge is 2.43. The van der Waals surface area contributed by atoms with Crippen molar-refractivity contribution in [2.24, 2.45) is 0 Å². The van der Waals surface area contributed by atoms with Crippen LogP contribution in [0.4, 0.5) is 0 Å². The van der Waals surface area contributed by atoms with Crippen LogP contribution in [-0.4, -0.2) is 28.6 Å². The Morgan fingerprint density at radius 3 is 2.76 bits per heavy atom. The molecule has 3 rings (SSSR count). The SMILES string of the molecule is CC(=O)N1[C@H](C(=O)OCc2ccc(Cl)c(Cl)c2)CS[C@H]1c1ccco1. The molecular formula is C17H15Cl2NO4S. The maximum Gasteiger partial charge on any atom is 0.330 e. The molecule has 0 N–H and O–H groups in total. The summed E-state index contributed by atoms with van der Waals surface area (Å²) in [6.07, 6.45) is 1.55. The number of furan rings is 1. The summed E-state index contributed by atoms with van der Waals surface area (Å²) < 4.78 is 10.8. The van der Waals surface area contributed by atoms with Gasteiger partial charge in [0.15, 0.2) is 0 Å². The van der Waals surface area contributed by atoms with E-state index in [0.717, 1.165) is 5.56 Å². The summed E-state index contributed by atoms with van der Waals surface area (Å²) in [7, 11) is 0. The lowest BCUT2D eigenvalue weighted by Gasteiger charge is -2.25. The number of benzene rings is 1. The topological polar surface area (TPSA) is 59.8 Å². The summed E-state index contributed by atoms with van der Waals surface area (Å²) in [5.41, 5.74) is 0.727. The third-order valence-corrected chi connectivity index (χ3v) is 5.81. The van der Waals surface area contributed by atoms with Gasteiger partial charge in [-0.25, -0.2) is 4.79 Å². The van der Waals surface area contributed by atoms with Crippen molar-refractivity contribution in [2.45, 2.75) is 24.9 Å². The zero-order chi connectivity index (χ0) is 18.0. The van der Waals surface area contributed by atoms with E-state index in [1.807, 2.05) is 0 Å². The summed E-state index contributed by atoms with van der Waals surface area (Å²) in [6.45, 7) is 1.50. The molecule has 1 amide bonds. The second kappa shape index (κ2) is 7.72. The van der Waals surface area contributed by atoms with Crippen molar-refractivity contribution in [2.75, 3.05) is 5.75 Å². The molecule has 0 radical (unpaired) electrons. The smallest absolute Gasteiger partial charge is 0.330 e. The Morgan fingerprint density at radius 1 is 1.32 bits per heavy atom. The predicted octanol–water partition coefficient (Wildman–Crippen LogP) is 4.29. The Bertz CT molecular complexity index is 781. The minimum absolute atomic E-state index is 0.0635. The zero-order valence-corrected chi connectivity index (χ0v) is 15.6. The largest absolute Gasteiger partial charge is 0.466 e. The number of carbonyl (C=O) groups excluding carboxylic acids is 2. The van der Waals surface area contributed by atoms with Gasteiger partial charge < -0.3 is 14.1 Å². The van der Waals surface area contributed by atoms with Crippen molar-refractivity contribution < 1.29 is 18.7 Å². The van der Waals surface area contributed by atoms with E-state index in [1.54, 1.807) is 36.6 Å². The fraction of sp³-hybridized carbons (Fsp3) is 0.294. The standard InChI is InChI=1S/C17H15Cl2NO4S/c1-10(21)20-14(9-25-16(20)15-3-2-6-23-15)17(22)24-8-11-4-5-12(18)13(19)7-11/h2-7,14,16H,8-9H2,1H3/t14-,16-/m0/s1. The molecule has 8 heteroatoms. The van der Waals surface area contributed by atoms with Crippen LogP contribution in [-0.2, 0) is 20.9 Å². The van der Waals surface area contributed by atoms with E-state index in [-0.39, 0.29) is 17.9 Å². The number of thioether (sulfide) groups is 1. The maximum absolute atomic E-state index is 12.5. The van der Waals surface area contributed by atoms with Crippen LogP contribution in [0.5, 0.6) is 0 Å². The fourth-order valence-corrected chi connectivity index (χ4v) is 4.34. The Hall–Kier alpha value is -1.63. The molecule has 0 saturated carbocycles. The first-order valence-corrected chi connectivity index (χ1v) is 9.32. The molecule has 1 aliphatic rings. The van der Waals surface area contributed by atoms with Crippen molar-refractivity contribution in [3.63, 3.8) is 0 Å². The molecule has 0 spiro atoms. The van der Waals surface area contributed by atoms with Gasteiger partial charge in [-0.2, -0.15) is 0 Å². The van der Waals surface area contributed by atoms with Crippen molar-refractivity contribution >= 4 is 46.8 Å². The number of ether oxygens (including phenoxy) is 1. The number of hydrogen-bond acceptors (Lipinski definition) is 5. The fourth-order valence-electron chi connectivity index (χ4n) is 2.60. The van der Waals surface area contributed by atoms with Gasteiger partial charge in [-0.1, -0.05) is 29.3 Å². The molecule has 1 aromatic carbocycles. The molecule has 0 aliphatic carbocycles. The highest BCUT2D eigenvalue weighted by Crippen LogP contribution is 2.41. The van der Waals surface area contributed by atoms with Crippen LogP contribution < -0.4 is 0 Å². The van der Waals surface area contributed by atoms with Crippen molar-refractivity contribution in [1.82, 2.24) is 4.90 Å². The molecule has 0 bridgehead atoms. The average Bonchev–Trinajstić information content (AvgIpc) is 3.24. The van der Waals surface area contributed by atoms with Gasteiger partial charge >= 0.3 is 5.97 Å². The molecule has 1 fully saturated rings. The monoisotopic (exact) mass is 399 g/mol. The van der Waals surface area contributed by atoms with Crippen LogP contribution in [0, 0.1) is 0 Å². The first kappa shape index (κ1) is 18.2. The molecule has 132 valence electrons. The normalized spacial score (nSPS) is 19.9. The Balaban J connectivity index is 1.68. The highest BCUT2D eigenvalue weighted by atomic mass is 35.5. The second-order valence-corrected chi connectivity index (χ2v) is 7.43. The van der Waals surface area contributed by atoms with Gasteiger partial charge in [-0.3, -0.25) is 4.79 Å². The summed E-state index contributed by atoms with van der Waals surface area (Å²) in [5, 5.41) is 0.512. The van der Waals surface area contributed by atoms with E-state index in [1.165, 1.54) is 23.6 Å². The van der Waals surface area contributed by atoms with Gasteiger partial charge in [-0.15, -0.1) is 11.8 Å². The number of rotatable bonds is 4. The summed E-state index contributed by atoms with van der Waals surface area (Å²) in [5.74, 6) is 0.427. The molecule has 5 nitrogen and oxygen atoms in total. The zero-order valence-electron chi connectivity index (χ0n) is 13.3. The molecule has 25 heavy (non-hydrogen) atoms. The minimum atomic E-state index is -0.652. The third-order valence-electron chi connectivity index (χ3n) is 3.79. The van der Waals surface area contributed by atoms with Crippen LogP contribution in [0.2, 0.25) is 10.0 Å². The van der Waals surface area contributed by atoms with E-state index in [2.05, 4.69) is 0 Å². The minimum Gasteiger partial charge on any atom is -0.466 e. The molecular weight excluding hydrogens is 385 g/mol. The second-order valence-electron chi connectivity index (χ2n) is 5.50. The first-order valence-electron chi connectivity index (χ1n) is 7.52. The van der Waals surface area contributed by atoms with Crippen LogP contribution in [0.3, 0.4) is 0 Å². The molecule has 2 heterocycles. The quantitative estimate of drug-likeness (QED) is 0.717. The lowest BCUT2D eigenvalue weighted by atomic mass is 10.2. The number of carbonyl (C=O) groups is 2. The van der Waals surface area contributed by atoms with E-state index in [9.17, 15) is 9.59 Å². The number of esters is 1. The van der Waals surface area contributed by atoms with Crippen molar-refractivity contribution in [3.8, 4) is 0 Å². The number of hydrogen-bond donors (Lipinski definition) is 0. The van der Waals surface area contributed by atoms with Crippen LogP contribution >= 0.6 is 35.0 Å². The molecule has 1 saturated heterocycles. The van der Waals surface area contributed by atoms with Gasteiger partial charge in [0, 0.05) is 12.7 Å². The van der Waals surface area contributed by atoms with Crippen molar-refractivity contribution in [1.29, 1.82) is 0 Å². The maximum atomic E-state index is 12.5. The van der Waals surface area contributed by atoms with Gasteiger partial charge in [0.05, 0.1) is 16.3 Å². The first-order chi connectivity index (χ1) is 12.0. The van der Waals surface area contributed by atoms with Gasteiger partial charge in [0.2, 0.25) is 5.91 Å². The number of nitrogens with zero attached hydrogens (tertiary/aromatic N) is 1. The van der Waals surface area contributed by atoms with E-state index in [0.29, 0.717) is 21.6 Å². The Labute approximate surface area is 159 Å². The van der Waals surface area contributed by atoms with Crippen LogP contribution in [0.1, 0.15) is 23.6 Å². The Kier molecular flexibility index (Phi) is 5.61. The molecule has 2 aromatic rings. The number of halogens is 2. The summed E-state index contributed by atoms with van der Waals surface area (Å²) in [4.78, 5) is 26.0. The lowest BCUT2D eigenvalue weighted by molar-refractivity contribution is -0.154. The summed E-state index contributed by atoms with van der Waals surface area (Å²) in [6, 6.07) is 7.92. The van der Waals surface area contributed by atoms with E-state index < -0.39 is 12.0 Å². The predicted molar refractivity (Wildman–Crippen MR) is 96.5 cm³/mol. The van der Waals surface area contributed by atoms with Gasteiger partial charge in [-0.05, 0) is 29.8 Å². The molecule has 1 aliphatic heterocycles. The number of amides is 1. The van der Waals surface area contributed by atoms with Gasteiger partial charge in [0.1, 0.15) is 23.8 Å². The van der Waals surface area contributed by atoms with E-state index >= 15 is 0 Å². The summed E-state index contributed by atoms with van der Waals surface area (Å²) >= 11 is 13.3.